The third kappa shape index (κ3) is 2.41. The number of nitrogens with zero attached hydrogens (tertiary/aromatic N) is 5. The van der Waals surface area contributed by atoms with Gasteiger partial charge in [0.05, 0.1) is 23.9 Å². The van der Waals surface area contributed by atoms with E-state index >= 15 is 0 Å². The van der Waals surface area contributed by atoms with Crippen LogP contribution in [-0.2, 0) is 0 Å². The van der Waals surface area contributed by atoms with Crippen LogP contribution in [0.2, 0.25) is 0 Å². The highest BCUT2D eigenvalue weighted by Gasteiger charge is 2.57. The summed E-state index contributed by atoms with van der Waals surface area (Å²) >= 11 is 0. The average Bonchev–Trinajstić information content (AvgIpc) is 2.67. The first-order chi connectivity index (χ1) is 12.1. The second-order valence-corrected chi connectivity index (χ2v) is 6.43. The molecular formula is C19H18N6. The van der Waals surface area contributed by atoms with Crippen LogP contribution in [0.5, 0.6) is 0 Å². The normalized spacial score (nSPS) is 28.0. The fraction of sp³-hybridized carbons (Fsp3) is 0.421. The molecule has 2 heterocycles. The van der Waals surface area contributed by atoms with E-state index in [1.54, 1.807) is 18.5 Å². The van der Waals surface area contributed by atoms with Crippen LogP contribution in [-0.4, -0.2) is 35.2 Å². The minimum Gasteiger partial charge on any atom is -0.305 e. The van der Waals surface area contributed by atoms with E-state index in [1.807, 2.05) is 12.1 Å². The number of nitriles is 3. The summed E-state index contributed by atoms with van der Waals surface area (Å²) in [6.45, 7) is 4.30. The zero-order chi connectivity index (χ0) is 18.0. The Balaban J connectivity index is 2.24. The molecule has 6 heteroatoms. The van der Waals surface area contributed by atoms with E-state index in [0.717, 1.165) is 24.2 Å². The molecule has 1 N–H and O–H groups in total. The Hall–Kier alpha value is -3.01. The summed E-state index contributed by atoms with van der Waals surface area (Å²) in [5.74, 6) is -1.47. The first-order valence-electron chi connectivity index (χ1n) is 8.26. The van der Waals surface area contributed by atoms with E-state index in [-0.39, 0.29) is 11.6 Å². The maximum absolute atomic E-state index is 9.89. The number of likely N-dealkylation sites (N-methyl/N-ethyl adjacent to an activating group) is 1. The molecule has 3 atom stereocenters. The van der Waals surface area contributed by atoms with Crippen LogP contribution in [0.3, 0.4) is 0 Å². The maximum Gasteiger partial charge on any atom is 0.189 e. The Morgan fingerprint density at radius 2 is 2.12 bits per heavy atom. The van der Waals surface area contributed by atoms with Crippen LogP contribution in [0, 0.1) is 56.7 Å². The Bertz CT molecular complexity index is 821. The van der Waals surface area contributed by atoms with Crippen molar-refractivity contribution in [3.63, 3.8) is 0 Å². The average molecular weight is 330 g/mol. The molecule has 2 aliphatic rings. The van der Waals surface area contributed by atoms with E-state index in [0.29, 0.717) is 6.54 Å². The topological polar surface area (TPSA) is 111 Å². The third-order valence-corrected chi connectivity index (χ3v) is 5.36. The molecule has 1 aliphatic carbocycles. The molecule has 124 valence electrons. The molecule has 25 heavy (non-hydrogen) atoms. The first kappa shape index (κ1) is 16.8. The monoisotopic (exact) mass is 330 g/mol. The highest BCUT2D eigenvalue weighted by atomic mass is 15.1. The quantitative estimate of drug-likeness (QED) is 0.836. The zero-order valence-corrected chi connectivity index (χ0v) is 14.0. The van der Waals surface area contributed by atoms with Crippen LogP contribution < -0.4 is 0 Å². The van der Waals surface area contributed by atoms with Crippen LogP contribution in [0.1, 0.15) is 18.4 Å². The van der Waals surface area contributed by atoms with Gasteiger partial charge < -0.3 is 5.41 Å². The molecule has 1 aromatic rings. The van der Waals surface area contributed by atoms with Gasteiger partial charge in [0.2, 0.25) is 0 Å². The Labute approximate surface area is 147 Å². The Kier molecular flexibility index (Phi) is 4.36. The lowest BCUT2D eigenvalue weighted by atomic mass is 9.54. The summed E-state index contributed by atoms with van der Waals surface area (Å²) in [5.41, 5.74) is -0.128. The second-order valence-electron chi connectivity index (χ2n) is 6.43. The maximum atomic E-state index is 9.89. The summed E-state index contributed by atoms with van der Waals surface area (Å²) < 4.78 is 0. The van der Waals surface area contributed by atoms with Gasteiger partial charge in [-0.15, -0.1) is 0 Å². The van der Waals surface area contributed by atoms with Gasteiger partial charge in [-0.3, -0.25) is 9.88 Å². The molecule has 6 nitrogen and oxygen atoms in total. The minimum absolute atomic E-state index is 0.110. The fourth-order valence-corrected chi connectivity index (χ4v) is 4.06. The van der Waals surface area contributed by atoms with Crippen molar-refractivity contribution in [2.45, 2.75) is 12.8 Å². The molecule has 0 aromatic carbocycles. The number of pyridine rings is 1. The standard InChI is InChI=1S/C19H18N6/c1-2-25-7-5-14-15(8-20)18(23)19(11-21,12-22)17(16(14)10-25)13-4-3-6-24-9-13/h3-6,9,15-17,23H,2,7,10H2,1H3/t15?,16-,17-/m0/s1. The molecule has 1 aliphatic heterocycles. The fourth-order valence-electron chi connectivity index (χ4n) is 4.06. The molecule has 3 rings (SSSR count). The molecule has 0 radical (unpaired) electrons. The summed E-state index contributed by atoms with van der Waals surface area (Å²) in [6, 6.07) is 9.95. The summed E-state index contributed by atoms with van der Waals surface area (Å²) in [7, 11) is 0. The van der Waals surface area contributed by atoms with Crippen LogP contribution in [0.15, 0.2) is 36.2 Å². The number of nitrogens with one attached hydrogen (secondary N) is 1. The number of aromatic nitrogens is 1. The van der Waals surface area contributed by atoms with Gasteiger partial charge in [-0.2, -0.15) is 15.8 Å². The van der Waals surface area contributed by atoms with E-state index in [9.17, 15) is 15.8 Å². The van der Waals surface area contributed by atoms with Gasteiger partial charge in [0.15, 0.2) is 5.41 Å². The lowest BCUT2D eigenvalue weighted by Crippen LogP contribution is -2.52. The minimum atomic E-state index is -1.65. The smallest absolute Gasteiger partial charge is 0.189 e. The number of hydrogen-bond donors (Lipinski definition) is 1. The predicted molar refractivity (Wildman–Crippen MR) is 91.2 cm³/mol. The van der Waals surface area contributed by atoms with Gasteiger partial charge in [-0.25, -0.2) is 0 Å². The molecule has 0 saturated heterocycles. The van der Waals surface area contributed by atoms with Gasteiger partial charge in [-0.05, 0) is 23.7 Å². The van der Waals surface area contributed by atoms with Gasteiger partial charge in [0.25, 0.3) is 0 Å². The Morgan fingerprint density at radius 3 is 2.68 bits per heavy atom. The van der Waals surface area contributed by atoms with Crippen molar-refractivity contribution in [3.8, 4) is 18.2 Å². The highest BCUT2D eigenvalue weighted by molar-refractivity contribution is 6.00. The predicted octanol–water partition coefficient (Wildman–Crippen LogP) is 2.25. The van der Waals surface area contributed by atoms with Crippen LogP contribution in [0.25, 0.3) is 0 Å². The third-order valence-electron chi connectivity index (χ3n) is 5.36. The van der Waals surface area contributed by atoms with Crippen molar-refractivity contribution < 1.29 is 0 Å². The van der Waals surface area contributed by atoms with E-state index in [4.69, 9.17) is 5.41 Å². The van der Waals surface area contributed by atoms with E-state index < -0.39 is 17.3 Å². The number of rotatable bonds is 2. The van der Waals surface area contributed by atoms with E-state index in [1.165, 1.54) is 0 Å². The van der Waals surface area contributed by atoms with Crippen molar-refractivity contribution in [2.75, 3.05) is 19.6 Å². The molecule has 0 bridgehead atoms. The molecular weight excluding hydrogens is 312 g/mol. The lowest BCUT2D eigenvalue weighted by Gasteiger charge is -2.47. The van der Waals surface area contributed by atoms with E-state index in [2.05, 4.69) is 35.0 Å². The zero-order valence-electron chi connectivity index (χ0n) is 14.0. The highest BCUT2D eigenvalue weighted by Crippen LogP contribution is 2.53. The van der Waals surface area contributed by atoms with Crippen molar-refractivity contribution in [1.29, 1.82) is 21.2 Å². The van der Waals surface area contributed by atoms with Gasteiger partial charge in [0, 0.05) is 37.3 Å². The van der Waals surface area contributed by atoms with Gasteiger partial charge in [-0.1, -0.05) is 19.1 Å². The molecule has 0 amide bonds. The summed E-state index contributed by atoms with van der Waals surface area (Å²) in [6.07, 6.45) is 5.31. The summed E-state index contributed by atoms with van der Waals surface area (Å²) in [4.78, 5) is 6.37. The first-order valence-corrected chi connectivity index (χ1v) is 8.26. The van der Waals surface area contributed by atoms with Crippen molar-refractivity contribution in [1.82, 2.24) is 9.88 Å². The molecule has 0 spiro atoms. The van der Waals surface area contributed by atoms with Crippen LogP contribution >= 0.6 is 0 Å². The second kappa shape index (κ2) is 6.48. The number of hydrogen-bond acceptors (Lipinski definition) is 6. The van der Waals surface area contributed by atoms with Crippen LogP contribution in [0.4, 0.5) is 0 Å². The molecule has 1 saturated carbocycles. The molecule has 1 unspecified atom stereocenters. The summed E-state index contributed by atoms with van der Waals surface area (Å²) in [5, 5.41) is 37.9. The Morgan fingerprint density at radius 1 is 1.36 bits per heavy atom. The SMILES string of the molecule is CCN1CC=C2C(C#N)C(=N)C(C#N)(C#N)[C@@H](c3cccnc3)[C@H]2C1. The molecule has 1 aromatic heterocycles. The number of fused-ring (bicyclic) bond motifs is 1. The van der Waals surface area contributed by atoms with Crippen molar-refractivity contribution >= 4 is 5.71 Å². The lowest BCUT2D eigenvalue weighted by molar-refractivity contribution is 0.211. The molecule has 1 fully saturated rings. The van der Waals surface area contributed by atoms with Gasteiger partial charge in [0.1, 0.15) is 5.92 Å². The van der Waals surface area contributed by atoms with Crippen molar-refractivity contribution in [2.24, 2.45) is 17.3 Å². The van der Waals surface area contributed by atoms with Crippen molar-refractivity contribution in [3.05, 3.63) is 41.7 Å². The largest absolute Gasteiger partial charge is 0.305 e. The van der Waals surface area contributed by atoms with Gasteiger partial charge >= 0.3 is 0 Å².